The van der Waals surface area contributed by atoms with Gasteiger partial charge in [-0.2, -0.15) is 5.10 Å². The number of hydrogen-bond donors (Lipinski definition) is 2. The van der Waals surface area contributed by atoms with Crippen LogP contribution in [0.2, 0.25) is 5.02 Å². The lowest BCUT2D eigenvalue weighted by Crippen LogP contribution is -1.96. The van der Waals surface area contributed by atoms with E-state index in [4.69, 9.17) is 17.3 Å². The van der Waals surface area contributed by atoms with Gasteiger partial charge in [0.2, 0.25) is 0 Å². The lowest BCUT2D eigenvalue weighted by Gasteiger charge is -2.06. The van der Waals surface area contributed by atoms with Crippen molar-refractivity contribution in [3.05, 3.63) is 29.2 Å². The van der Waals surface area contributed by atoms with Gasteiger partial charge in [0.05, 0.1) is 28.3 Å². The zero-order chi connectivity index (χ0) is 11.7. The van der Waals surface area contributed by atoms with Gasteiger partial charge in [-0.25, -0.2) is 4.98 Å². The number of rotatable bonds is 2. The van der Waals surface area contributed by atoms with E-state index < -0.39 is 0 Å². The van der Waals surface area contributed by atoms with Crippen LogP contribution in [-0.4, -0.2) is 14.8 Å². The highest BCUT2D eigenvalue weighted by Gasteiger charge is 2.07. The molecule has 2 aromatic heterocycles. The van der Waals surface area contributed by atoms with Gasteiger partial charge in [0.1, 0.15) is 5.82 Å². The second-order valence-corrected chi connectivity index (χ2v) is 3.93. The fourth-order valence-corrected chi connectivity index (χ4v) is 1.62. The first-order valence-corrected chi connectivity index (χ1v) is 5.12. The normalized spacial score (nSPS) is 10.4. The van der Waals surface area contributed by atoms with E-state index in [0.717, 1.165) is 11.4 Å². The van der Waals surface area contributed by atoms with Gasteiger partial charge in [0, 0.05) is 13.2 Å². The van der Waals surface area contributed by atoms with Gasteiger partial charge < -0.3 is 11.1 Å². The van der Waals surface area contributed by atoms with Gasteiger partial charge in [-0.3, -0.25) is 4.68 Å². The van der Waals surface area contributed by atoms with Crippen LogP contribution in [-0.2, 0) is 7.05 Å². The Kier molecular flexibility index (Phi) is 2.70. The summed E-state index contributed by atoms with van der Waals surface area (Å²) < 4.78 is 1.73. The monoisotopic (exact) mass is 237 g/mol. The van der Waals surface area contributed by atoms with Crippen LogP contribution in [0.15, 0.2) is 18.5 Å². The third-order valence-electron chi connectivity index (χ3n) is 2.13. The number of nitrogens with one attached hydrogen (secondary N) is 1. The Morgan fingerprint density at radius 1 is 1.50 bits per heavy atom. The summed E-state index contributed by atoms with van der Waals surface area (Å²) in [6.45, 7) is 1.91. The molecular formula is C10H12ClN5. The molecule has 0 aliphatic rings. The zero-order valence-corrected chi connectivity index (χ0v) is 9.78. The Morgan fingerprint density at radius 2 is 2.25 bits per heavy atom. The number of pyridine rings is 1. The molecule has 0 amide bonds. The molecule has 0 spiro atoms. The number of nitrogens with two attached hydrogens (primary N) is 1. The summed E-state index contributed by atoms with van der Waals surface area (Å²) in [5.74, 6) is 0.576. The van der Waals surface area contributed by atoms with Crippen molar-refractivity contribution >= 4 is 28.8 Å². The van der Waals surface area contributed by atoms with Gasteiger partial charge >= 0.3 is 0 Å². The highest BCUT2D eigenvalue weighted by Crippen LogP contribution is 2.25. The molecule has 0 bridgehead atoms. The molecule has 0 aliphatic heterocycles. The first-order valence-electron chi connectivity index (χ1n) is 4.74. The largest absolute Gasteiger partial charge is 0.397 e. The Bertz CT molecular complexity index is 520. The van der Waals surface area contributed by atoms with Gasteiger partial charge in [0.15, 0.2) is 0 Å². The molecule has 5 nitrogen and oxygen atoms in total. The molecule has 6 heteroatoms. The molecule has 2 aromatic rings. The van der Waals surface area contributed by atoms with Crippen molar-refractivity contribution in [2.45, 2.75) is 6.92 Å². The minimum atomic E-state index is 0.489. The molecule has 0 aliphatic carbocycles. The molecule has 0 unspecified atom stereocenters. The Balaban J connectivity index is 2.30. The predicted molar refractivity (Wildman–Crippen MR) is 64.9 cm³/mol. The molecule has 0 atom stereocenters. The minimum absolute atomic E-state index is 0.489. The first kappa shape index (κ1) is 10.8. The number of aryl methyl sites for hydroxylation is 2. The minimum Gasteiger partial charge on any atom is -0.397 e. The Hall–Kier alpha value is -1.75. The fourth-order valence-electron chi connectivity index (χ4n) is 1.39. The smallest absolute Gasteiger partial charge is 0.149 e. The van der Waals surface area contributed by atoms with Crippen molar-refractivity contribution in [3.63, 3.8) is 0 Å². The summed E-state index contributed by atoms with van der Waals surface area (Å²) in [4.78, 5) is 4.12. The third-order valence-corrected chi connectivity index (χ3v) is 2.42. The van der Waals surface area contributed by atoms with Crippen molar-refractivity contribution in [2.75, 3.05) is 11.1 Å². The molecule has 2 rings (SSSR count). The van der Waals surface area contributed by atoms with Crippen LogP contribution < -0.4 is 11.1 Å². The average molecular weight is 238 g/mol. The summed E-state index contributed by atoms with van der Waals surface area (Å²) in [5, 5.41) is 7.81. The lowest BCUT2D eigenvalue weighted by atomic mass is 10.3. The molecule has 2 heterocycles. The predicted octanol–water partition coefficient (Wildman–Crippen LogP) is 2.10. The number of halogens is 1. The number of hydrogen-bond acceptors (Lipinski definition) is 4. The quantitative estimate of drug-likeness (QED) is 0.839. The Morgan fingerprint density at radius 3 is 2.81 bits per heavy atom. The van der Waals surface area contributed by atoms with E-state index in [-0.39, 0.29) is 0 Å². The summed E-state index contributed by atoms with van der Waals surface area (Å²) in [6.07, 6.45) is 3.42. The number of aromatic nitrogens is 3. The topological polar surface area (TPSA) is 68.8 Å². The zero-order valence-electron chi connectivity index (χ0n) is 9.03. The van der Waals surface area contributed by atoms with Gasteiger partial charge in [0.25, 0.3) is 0 Å². The van der Waals surface area contributed by atoms with Crippen molar-refractivity contribution in [1.82, 2.24) is 14.8 Å². The SMILES string of the molecule is Cc1nn(C)cc1Nc1ncc(N)cc1Cl. The van der Waals surface area contributed by atoms with E-state index in [0.29, 0.717) is 16.5 Å². The average Bonchev–Trinajstić information content (AvgIpc) is 2.50. The fraction of sp³-hybridized carbons (Fsp3) is 0.200. The van der Waals surface area contributed by atoms with Crippen LogP contribution in [0, 0.1) is 6.92 Å². The highest BCUT2D eigenvalue weighted by molar-refractivity contribution is 6.33. The second-order valence-electron chi connectivity index (χ2n) is 3.53. The molecule has 84 valence electrons. The molecule has 0 radical (unpaired) electrons. The summed E-state index contributed by atoms with van der Waals surface area (Å²) in [6, 6.07) is 1.66. The van der Waals surface area contributed by atoms with E-state index in [1.807, 2.05) is 20.2 Å². The molecule has 0 fully saturated rings. The maximum atomic E-state index is 6.01. The van der Waals surface area contributed by atoms with E-state index in [1.54, 1.807) is 16.9 Å². The van der Waals surface area contributed by atoms with Crippen molar-refractivity contribution in [3.8, 4) is 0 Å². The van der Waals surface area contributed by atoms with Crippen molar-refractivity contribution in [2.24, 2.45) is 7.05 Å². The van der Waals surface area contributed by atoms with Crippen LogP contribution >= 0.6 is 11.6 Å². The highest BCUT2D eigenvalue weighted by atomic mass is 35.5. The second kappa shape index (κ2) is 4.02. The van der Waals surface area contributed by atoms with Crippen molar-refractivity contribution < 1.29 is 0 Å². The molecule has 3 N–H and O–H groups in total. The first-order chi connectivity index (χ1) is 7.56. The lowest BCUT2D eigenvalue weighted by molar-refractivity contribution is 0.756. The maximum Gasteiger partial charge on any atom is 0.149 e. The third kappa shape index (κ3) is 2.09. The van der Waals surface area contributed by atoms with E-state index >= 15 is 0 Å². The van der Waals surface area contributed by atoms with Crippen LogP contribution in [0.5, 0.6) is 0 Å². The Labute approximate surface area is 98.2 Å². The molecule has 0 aromatic carbocycles. The van der Waals surface area contributed by atoms with E-state index in [9.17, 15) is 0 Å². The van der Waals surface area contributed by atoms with Crippen molar-refractivity contribution in [1.29, 1.82) is 0 Å². The van der Waals surface area contributed by atoms with Gasteiger partial charge in [-0.05, 0) is 13.0 Å². The van der Waals surface area contributed by atoms with Gasteiger partial charge in [-0.15, -0.1) is 0 Å². The standard InChI is InChI=1S/C10H12ClN5/c1-6-9(5-16(2)15-6)14-10-8(11)3-7(12)4-13-10/h3-5H,12H2,1-2H3,(H,13,14). The van der Waals surface area contributed by atoms with Crippen LogP contribution in [0.4, 0.5) is 17.2 Å². The van der Waals surface area contributed by atoms with E-state index in [1.165, 1.54) is 0 Å². The van der Waals surface area contributed by atoms with E-state index in [2.05, 4.69) is 15.4 Å². The molecule has 16 heavy (non-hydrogen) atoms. The number of nitrogens with zero attached hydrogens (tertiary/aromatic N) is 3. The van der Waals surface area contributed by atoms with Gasteiger partial charge in [-0.1, -0.05) is 11.6 Å². The number of nitrogen functional groups attached to an aromatic ring is 1. The summed E-state index contributed by atoms with van der Waals surface area (Å²) >= 11 is 6.01. The van der Waals surface area contributed by atoms with Crippen LogP contribution in [0.3, 0.4) is 0 Å². The van der Waals surface area contributed by atoms with Crippen LogP contribution in [0.25, 0.3) is 0 Å². The maximum absolute atomic E-state index is 6.01. The molecule has 0 saturated carbocycles. The summed E-state index contributed by atoms with van der Waals surface area (Å²) in [5.41, 5.74) is 7.87. The molecule has 0 saturated heterocycles. The molecular weight excluding hydrogens is 226 g/mol. The van der Waals surface area contributed by atoms with Crippen LogP contribution in [0.1, 0.15) is 5.69 Å². The number of anilines is 3. The summed E-state index contributed by atoms with van der Waals surface area (Å²) in [7, 11) is 1.86.